The molecule has 0 saturated carbocycles. The molecule has 1 amide bonds. The molecular formula is C28H33N3O6. The van der Waals surface area contributed by atoms with Crippen molar-refractivity contribution in [3.05, 3.63) is 59.8 Å². The molecule has 196 valence electrons. The van der Waals surface area contributed by atoms with Gasteiger partial charge in [-0.1, -0.05) is 12.1 Å². The average molecular weight is 508 g/mol. The fraction of sp³-hybridized carbons (Fsp3) is 0.429. The number of hydrogen-bond acceptors (Lipinski definition) is 7. The van der Waals surface area contributed by atoms with Crippen LogP contribution in [0.25, 0.3) is 11.3 Å². The van der Waals surface area contributed by atoms with Crippen LogP contribution in [-0.4, -0.2) is 74.8 Å². The highest BCUT2D eigenvalue weighted by molar-refractivity contribution is 5.95. The van der Waals surface area contributed by atoms with Crippen molar-refractivity contribution in [2.24, 2.45) is 0 Å². The Morgan fingerprint density at radius 3 is 2.54 bits per heavy atom. The van der Waals surface area contributed by atoms with Crippen molar-refractivity contribution in [3.63, 3.8) is 0 Å². The first-order valence-electron chi connectivity index (χ1n) is 12.5. The Morgan fingerprint density at radius 1 is 1.00 bits per heavy atom. The molecule has 0 unspecified atom stereocenters. The highest BCUT2D eigenvalue weighted by Crippen LogP contribution is 2.49. The first kappa shape index (κ1) is 25.1. The minimum absolute atomic E-state index is 0.0381. The van der Waals surface area contributed by atoms with Crippen LogP contribution in [0, 0.1) is 0 Å². The van der Waals surface area contributed by atoms with Gasteiger partial charge < -0.3 is 28.6 Å². The second-order valence-corrected chi connectivity index (χ2v) is 9.21. The number of rotatable bonds is 9. The lowest BCUT2D eigenvalue weighted by atomic mass is 9.81. The van der Waals surface area contributed by atoms with E-state index in [1.54, 1.807) is 39.5 Å². The lowest BCUT2D eigenvalue weighted by Crippen LogP contribution is -2.49. The van der Waals surface area contributed by atoms with Crippen LogP contribution in [0.3, 0.4) is 0 Å². The zero-order valence-electron chi connectivity index (χ0n) is 21.6. The number of para-hydroxylation sites is 1. The van der Waals surface area contributed by atoms with Crippen LogP contribution in [0.4, 0.5) is 0 Å². The molecule has 9 nitrogen and oxygen atoms in total. The average Bonchev–Trinajstić information content (AvgIpc) is 3.37. The maximum Gasteiger partial charge on any atom is 0.253 e. The molecule has 2 aliphatic heterocycles. The van der Waals surface area contributed by atoms with Crippen molar-refractivity contribution >= 4 is 5.91 Å². The van der Waals surface area contributed by atoms with Crippen molar-refractivity contribution in [1.82, 2.24) is 14.7 Å². The quantitative estimate of drug-likeness (QED) is 0.408. The summed E-state index contributed by atoms with van der Waals surface area (Å²) in [5.74, 6) is 1.92. The first-order valence-corrected chi connectivity index (χ1v) is 12.5. The van der Waals surface area contributed by atoms with Crippen LogP contribution >= 0.6 is 0 Å². The summed E-state index contributed by atoms with van der Waals surface area (Å²) in [4.78, 5) is 15.3. The van der Waals surface area contributed by atoms with Crippen molar-refractivity contribution < 1.29 is 28.5 Å². The largest absolute Gasteiger partial charge is 0.493 e. The molecule has 5 rings (SSSR count). The number of amides is 1. The second kappa shape index (κ2) is 10.8. The Hall–Kier alpha value is -3.56. The van der Waals surface area contributed by atoms with Crippen LogP contribution < -0.4 is 14.2 Å². The summed E-state index contributed by atoms with van der Waals surface area (Å²) in [7, 11) is 4.88. The fourth-order valence-corrected chi connectivity index (χ4v) is 5.15. The molecule has 3 aromatic rings. The van der Waals surface area contributed by atoms with Gasteiger partial charge in [-0.15, -0.1) is 0 Å². The van der Waals surface area contributed by atoms with E-state index in [-0.39, 0.29) is 5.91 Å². The number of benzene rings is 2. The smallest absolute Gasteiger partial charge is 0.253 e. The van der Waals surface area contributed by atoms with Gasteiger partial charge >= 0.3 is 0 Å². The number of piperidine rings is 1. The predicted octanol–water partition coefficient (Wildman–Crippen LogP) is 3.75. The van der Waals surface area contributed by atoms with Crippen molar-refractivity contribution in [3.8, 4) is 28.5 Å². The number of carbonyl (C=O) groups is 1. The van der Waals surface area contributed by atoms with Gasteiger partial charge in [0.05, 0.1) is 38.8 Å². The standard InChI is InChI=1S/C28H33N3O6/c1-33-15-14-31-26-21-6-4-5-7-23(21)37-28(22(26)19-29-31)10-12-30(13-11-28)27(32)20-8-9-24(25(18-20)35-3)36-17-16-34-2/h4-9,18-19H,10-17H2,1-3H3. The SMILES string of the molecule is COCCOc1ccc(C(=O)N2CCC3(CC2)Oc2ccccc2-c2c3cnn2CCOC)cc1OC. The summed E-state index contributed by atoms with van der Waals surface area (Å²) < 4.78 is 30.2. The highest BCUT2D eigenvalue weighted by atomic mass is 16.5. The van der Waals surface area contributed by atoms with Crippen molar-refractivity contribution in [2.75, 3.05) is 54.2 Å². The van der Waals surface area contributed by atoms with E-state index >= 15 is 0 Å². The van der Waals surface area contributed by atoms with Crippen LogP contribution in [0.2, 0.25) is 0 Å². The van der Waals surface area contributed by atoms with Gasteiger partial charge in [-0.05, 0) is 30.3 Å². The molecular weight excluding hydrogens is 474 g/mol. The molecule has 9 heteroatoms. The molecule has 3 heterocycles. The summed E-state index contributed by atoms with van der Waals surface area (Å²) in [5, 5.41) is 4.68. The number of methoxy groups -OCH3 is 3. The van der Waals surface area contributed by atoms with Crippen molar-refractivity contribution in [1.29, 1.82) is 0 Å². The lowest BCUT2D eigenvalue weighted by Gasteiger charge is -2.44. The Kier molecular flexibility index (Phi) is 7.34. The molecule has 0 aliphatic carbocycles. The van der Waals surface area contributed by atoms with E-state index in [2.05, 4.69) is 11.2 Å². The fourth-order valence-electron chi connectivity index (χ4n) is 5.15. The molecule has 2 aliphatic rings. The Bertz CT molecular complexity index is 1250. The summed E-state index contributed by atoms with van der Waals surface area (Å²) >= 11 is 0. The minimum Gasteiger partial charge on any atom is -0.493 e. The number of fused-ring (bicyclic) bond motifs is 4. The van der Waals surface area contributed by atoms with Gasteiger partial charge in [-0.3, -0.25) is 9.48 Å². The van der Waals surface area contributed by atoms with Gasteiger partial charge in [-0.2, -0.15) is 5.10 Å². The summed E-state index contributed by atoms with van der Waals surface area (Å²) in [5.41, 5.74) is 3.23. The summed E-state index contributed by atoms with van der Waals surface area (Å²) in [6.45, 7) is 3.25. The van der Waals surface area contributed by atoms with Crippen LogP contribution in [-0.2, 0) is 21.6 Å². The van der Waals surface area contributed by atoms with E-state index in [0.29, 0.717) is 69.4 Å². The molecule has 0 atom stereocenters. The number of hydrogen-bond donors (Lipinski definition) is 0. The van der Waals surface area contributed by atoms with Crippen LogP contribution in [0.1, 0.15) is 28.8 Å². The number of nitrogens with zero attached hydrogens (tertiary/aromatic N) is 3. The van der Waals surface area contributed by atoms with Crippen LogP contribution in [0.5, 0.6) is 17.2 Å². The van der Waals surface area contributed by atoms with Gasteiger partial charge in [0.1, 0.15) is 18.0 Å². The molecule has 0 N–H and O–H groups in total. The van der Waals surface area contributed by atoms with Gasteiger partial charge in [0.2, 0.25) is 0 Å². The highest BCUT2D eigenvalue weighted by Gasteiger charge is 2.46. The van der Waals surface area contributed by atoms with Gasteiger partial charge in [0, 0.05) is 56.8 Å². The maximum atomic E-state index is 13.4. The summed E-state index contributed by atoms with van der Waals surface area (Å²) in [6.07, 6.45) is 3.27. The minimum atomic E-state index is -0.525. The molecule has 2 aromatic carbocycles. The third-order valence-electron chi connectivity index (χ3n) is 7.10. The molecule has 0 bridgehead atoms. The summed E-state index contributed by atoms with van der Waals surface area (Å²) in [6, 6.07) is 13.4. The molecule has 1 fully saturated rings. The van der Waals surface area contributed by atoms with Crippen molar-refractivity contribution in [2.45, 2.75) is 25.0 Å². The zero-order chi connectivity index (χ0) is 25.8. The molecule has 0 radical (unpaired) electrons. The number of ether oxygens (including phenoxy) is 5. The van der Waals surface area contributed by atoms with E-state index < -0.39 is 5.60 Å². The topological polar surface area (TPSA) is 84.3 Å². The van der Waals surface area contributed by atoms with E-state index in [0.717, 1.165) is 22.6 Å². The van der Waals surface area contributed by atoms with E-state index in [4.69, 9.17) is 23.7 Å². The number of likely N-dealkylation sites (tertiary alicyclic amines) is 1. The van der Waals surface area contributed by atoms with Gasteiger partial charge in [-0.25, -0.2) is 0 Å². The van der Waals surface area contributed by atoms with Gasteiger partial charge in [0.25, 0.3) is 5.91 Å². The number of aromatic nitrogens is 2. The monoisotopic (exact) mass is 507 g/mol. The Labute approximate surface area is 216 Å². The lowest BCUT2D eigenvalue weighted by molar-refractivity contribution is -0.00179. The molecule has 1 spiro atoms. The van der Waals surface area contributed by atoms with Crippen LogP contribution in [0.15, 0.2) is 48.7 Å². The second-order valence-electron chi connectivity index (χ2n) is 9.21. The third-order valence-corrected chi connectivity index (χ3v) is 7.10. The molecule has 37 heavy (non-hydrogen) atoms. The third kappa shape index (κ3) is 4.76. The van der Waals surface area contributed by atoms with E-state index in [1.807, 2.05) is 34.0 Å². The Balaban J connectivity index is 1.35. The zero-order valence-corrected chi connectivity index (χ0v) is 21.6. The first-order chi connectivity index (χ1) is 18.1. The van der Waals surface area contributed by atoms with E-state index in [9.17, 15) is 4.79 Å². The number of carbonyl (C=O) groups excluding carboxylic acids is 1. The predicted molar refractivity (Wildman–Crippen MR) is 137 cm³/mol. The Morgan fingerprint density at radius 2 is 1.78 bits per heavy atom. The normalized spacial score (nSPS) is 15.6. The molecule has 1 saturated heterocycles. The molecule has 1 aromatic heterocycles. The van der Waals surface area contributed by atoms with E-state index in [1.165, 1.54) is 0 Å². The van der Waals surface area contributed by atoms with Gasteiger partial charge in [0.15, 0.2) is 11.5 Å². The maximum absolute atomic E-state index is 13.4.